The molecule has 0 spiro atoms. The van der Waals surface area contributed by atoms with Gasteiger partial charge in [-0.05, 0) is 50.3 Å². The summed E-state index contributed by atoms with van der Waals surface area (Å²) >= 11 is 0. The second-order valence-electron chi connectivity index (χ2n) is 9.20. The highest BCUT2D eigenvalue weighted by Crippen LogP contribution is 2.27. The first-order valence-corrected chi connectivity index (χ1v) is 12.0. The molecule has 0 radical (unpaired) electrons. The summed E-state index contributed by atoms with van der Waals surface area (Å²) in [5.41, 5.74) is 4.39. The van der Waals surface area contributed by atoms with E-state index in [1.165, 1.54) is 18.0 Å². The lowest BCUT2D eigenvalue weighted by molar-refractivity contribution is -0.123. The van der Waals surface area contributed by atoms with Crippen molar-refractivity contribution >= 4 is 17.5 Å². The molecule has 1 saturated heterocycles. The Bertz CT molecular complexity index is 1160. The van der Waals surface area contributed by atoms with E-state index in [1.54, 1.807) is 5.32 Å². The molecule has 0 unspecified atom stereocenters. The number of allylic oxidation sites excluding steroid dienone is 4. The molecule has 36 heavy (non-hydrogen) atoms. The SMILES string of the molecule is Cc1c(CC2=CCCC=C2)nnc(N2CCN(c3cnc(C(=O)NCC(F)(F)F)cn3)[C@H](C)C2)c1C. The first-order chi connectivity index (χ1) is 17.1. The van der Waals surface area contributed by atoms with Crippen LogP contribution in [0.3, 0.4) is 0 Å². The molecule has 2 aromatic heterocycles. The van der Waals surface area contributed by atoms with Crippen LogP contribution in [-0.2, 0) is 6.42 Å². The van der Waals surface area contributed by atoms with Crippen LogP contribution in [0.15, 0.2) is 36.2 Å². The van der Waals surface area contributed by atoms with E-state index in [0.717, 1.165) is 41.9 Å². The van der Waals surface area contributed by atoms with Crippen LogP contribution in [0.5, 0.6) is 0 Å². The molecular formula is C25H30F3N7O. The minimum Gasteiger partial charge on any atom is -0.351 e. The van der Waals surface area contributed by atoms with E-state index in [9.17, 15) is 18.0 Å². The first kappa shape index (κ1) is 25.6. The number of carbonyl (C=O) groups excluding carboxylic acids is 1. The number of alkyl halides is 3. The standard InChI is InChI=1S/C25H30F3N7O/c1-16-14-34(23-18(3)17(2)20(32-33-23)11-19-7-5-4-6-8-19)9-10-35(16)22-13-29-21(12-30-22)24(36)31-15-25(26,27)28/h5,7-8,12-13,16H,4,6,9-11,14-15H2,1-3H3,(H,31,36)/t16-/m1/s1. The van der Waals surface area contributed by atoms with Gasteiger partial charge in [0, 0.05) is 32.1 Å². The number of carbonyl (C=O) groups is 1. The molecule has 0 aromatic carbocycles. The molecular weight excluding hydrogens is 471 g/mol. The maximum absolute atomic E-state index is 12.3. The lowest BCUT2D eigenvalue weighted by Gasteiger charge is -2.41. The molecule has 4 rings (SSSR count). The summed E-state index contributed by atoms with van der Waals surface area (Å²) in [6.07, 6.45) is 7.70. The van der Waals surface area contributed by atoms with Gasteiger partial charge in [0.15, 0.2) is 5.82 Å². The van der Waals surface area contributed by atoms with E-state index < -0.39 is 18.6 Å². The molecule has 0 bridgehead atoms. The monoisotopic (exact) mass is 501 g/mol. The van der Waals surface area contributed by atoms with Gasteiger partial charge >= 0.3 is 6.18 Å². The fraction of sp³-hybridized carbons (Fsp3) is 0.480. The normalized spacial score (nSPS) is 18.3. The van der Waals surface area contributed by atoms with Crippen molar-refractivity contribution in [2.45, 2.75) is 52.3 Å². The smallest absolute Gasteiger partial charge is 0.351 e. The number of halogens is 3. The molecule has 1 aliphatic carbocycles. The second kappa shape index (κ2) is 10.6. The Morgan fingerprint density at radius 1 is 1.11 bits per heavy atom. The zero-order valence-electron chi connectivity index (χ0n) is 20.6. The number of hydrogen-bond donors (Lipinski definition) is 1. The number of rotatable bonds is 6. The highest BCUT2D eigenvalue weighted by molar-refractivity contribution is 5.92. The van der Waals surface area contributed by atoms with Gasteiger partial charge in [-0.3, -0.25) is 4.79 Å². The fourth-order valence-electron chi connectivity index (χ4n) is 4.45. The quantitative estimate of drug-likeness (QED) is 0.646. The van der Waals surface area contributed by atoms with E-state index in [0.29, 0.717) is 25.5 Å². The summed E-state index contributed by atoms with van der Waals surface area (Å²) in [5.74, 6) is 0.532. The molecule has 1 atom stereocenters. The molecule has 2 aromatic rings. The number of nitrogens with one attached hydrogen (secondary N) is 1. The van der Waals surface area contributed by atoms with Gasteiger partial charge in [0.05, 0.1) is 18.1 Å². The topological polar surface area (TPSA) is 87.1 Å². The number of hydrogen-bond acceptors (Lipinski definition) is 7. The largest absolute Gasteiger partial charge is 0.405 e. The van der Waals surface area contributed by atoms with Crippen molar-refractivity contribution in [1.29, 1.82) is 0 Å². The van der Waals surface area contributed by atoms with Gasteiger partial charge in [0.2, 0.25) is 0 Å². The molecule has 8 nitrogen and oxygen atoms in total. The van der Waals surface area contributed by atoms with Gasteiger partial charge < -0.3 is 15.1 Å². The molecule has 1 N–H and O–H groups in total. The van der Waals surface area contributed by atoms with Crippen molar-refractivity contribution < 1.29 is 18.0 Å². The number of piperazine rings is 1. The van der Waals surface area contributed by atoms with Gasteiger partial charge in [-0.1, -0.05) is 18.2 Å². The van der Waals surface area contributed by atoms with E-state index in [4.69, 9.17) is 0 Å². The third-order valence-corrected chi connectivity index (χ3v) is 6.58. The van der Waals surface area contributed by atoms with Crippen molar-refractivity contribution in [1.82, 2.24) is 25.5 Å². The third kappa shape index (κ3) is 6.00. The Morgan fingerprint density at radius 2 is 1.92 bits per heavy atom. The molecule has 1 amide bonds. The Kier molecular flexibility index (Phi) is 7.56. The van der Waals surface area contributed by atoms with Crippen LogP contribution in [0.4, 0.5) is 24.8 Å². The average molecular weight is 502 g/mol. The summed E-state index contributed by atoms with van der Waals surface area (Å²) in [5, 5.41) is 10.9. The van der Waals surface area contributed by atoms with Crippen LogP contribution in [0.2, 0.25) is 0 Å². The minimum atomic E-state index is -4.48. The van der Waals surface area contributed by atoms with Gasteiger partial charge in [-0.15, -0.1) is 5.10 Å². The molecule has 1 fully saturated rings. The molecule has 1 aliphatic heterocycles. The highest BCUT2D eigenvalue weighted by Gasteiger charge is 2.29. The summed E-state index contributed by atoms with van der Waals surface area (Å²) in [7, 11) is 0. The molecule has 0 saturated carbocycles. The third-order valence-electron chi connectivity index (χ3n) is 6.58. The lowest BCUT2D eigenvalue weighted by atomic mass is 9.99. The van der Waals surface area contributed by atoms with Gasteiger partial charge in [-0.25, -0.2) is 9.97 Å². The number of amides is 1. The summed E-state index contributed by atoms with van der Waals surface area (Å²) < 4.78 is 37.0. The van der Waals surface area contributed by atoms with Crippen LogP contribution >= 0.6 is 0 Å². The van der Waals surface area contributed by atoms with Crippen LogP contribution in [0.25, 0.3) is 0 Å². The summed E-state index contributed by atoms with van der Waals surface area (Å²) in [6.45, 7) is 6.86. The van der Waals surface area contributed by atoms with Crippen LogP contribution in [-0.4, -0.2) is 64.5 Å². The van der Waals surface area contributed by atoms with Crippen LogP contribution in [0, 0.1) is 13.8 Å². The minimum absolute atomic E-state index is 0.0664. The second-order valence-corrected chi connectivity index (χ2v) is 9.20. The van der Waals surface area contributed by atoms with Crippen molar-refractivity contribution in [3.63, 3.8) is 0 Å². The van der Waals surface area contributed by atoms with E-state index in [2.05, 4.69) is 69.0 Å². The molecule has 192 valence electrons. The number of aromatic nitrogens is 4. The molecule has 11 heteroatoms. The molecule has 2 aliphatic rings. The zero-order valence-corrected chi connectivity index (χ0v) is 20.6. The maximum atomic E-state index is 12.3. The Labute approximate surface area is 208 Å². The van der Waals surface area contributed by atoms with Crippen molar-refractivity contribution in [2.24, 2.45) is 0 Å². The van der Waals surface area contributed by atoms with Crippen molar-refractivity contribution in [2.75, 3.05) is 36.0 Å². The lowest BCUT2D eigenvalue weighted by Crippen LogP contribution is -2.53. The average Bonchev–Trinajstić information content (AvgIpc) is 2.86. The summed E-state index contributed by atoms with van der Waals surface area (Å²) in [4.78, 5) is 24.5. The molecule has 3 heterocycles. The van der Waals surface area contributed by atoms with E-state index in [1.807, 2.05) is 0 Å². The predicted molar refractivity (Wildman–Crippen MR) is 131 cm³/mol. The Balaban J connectivity index is 1.40. The van der Waals surface area contributed by atoms with E-state index >= 15 is 0 Å². The fourth-order valence-corrected chi connectivity index (χ4v) is 4.45. The van der Waals surface area contributed by atoms with Gasteiger partial charge in [0.25, 0.3) is 5.91 Å². The van der Waals surface area contributed by atoms with Gasteiger partial charge in [0.1, 0.15) is 18.1 Å². The number of anilines is 2. The highest BCUT2D eigenvalue weighted by atomic mass is 19.4. The summed E-state index contributed by atoms with van der Waals surface area (Å²) in [6, 6.07) is 0.0664. The Morgan fingerprint density at radius 3 is 2.56 bits per heavy atom. The van der Waals surface area contributed by atoms with Crippen LogP contribution < -0.4 is 15.1 Å². The zero-order chi connectivity index (χ0) is 25.9. The van der Waals surface area contributed by atoms with Crippen LogP contribution in [0.1, 0.15) is 47.1 Å². The van der Waals surface area contributed by atoms with Crippen molar-refractivity contribution in [3.05, 3.63) is 58.7 Å². The van der Waals surface area contributed by atoms with E-state index in [-0.39, 0.29) is 11.7 Å². The van der Waals surface area contributed by atoms with Gasteiger partial charge in [-0.2, -0.15) is 18.3 Å². The van der Waals surface area contributed by atoms with Crippen molar-refractivity contribution in [3.8, 4) is 0 Å². The Hall–Kier alpha value is -3.50. The first-order valence-electron chi connectivity index (χ1n) is 12.0. The number of nitrogens with zero attached hydrogens (tertiary/aromatic N) is 6. The maximum Gasteiger partial charge on any atom is 0.405 e. The predicted octanol–water partition coefficient (Wildman–Crippen LogP) is 3.71.